The molecule has 8 heteroatoms. The number of nitrogens with one attached hydrogen (secondary N) is 2. The van der Waals surface area contributed by atoms with E-state index in [1.807, 2.05) is 24.0 Å². The van der Waals surface area contributed by atoms with Crippen molar-refractivity contribution in [1.29, 1.82) is 0 Å². The maximum atomic E-state index is 5.44. The van der Waals surface area contributed by atoms with E-state index in [2.05, 4.69) is 74.2 Å². The van der Waals surface area contributed by atoms with Crippen molar-refractivity contribution in [1.82, 2.24) is 25.3 Å². The van der Waals surface area contributed by atoms with Crippen molar-refractivity contribution in [3.63, 3.8) is 0 Å². The Labute approximate surface area is 213 Å². The predicted octanol–water partition coefficient (Wildman–Crippen LogP) is 3.23. The first-order valence-electron chi connectivity index (χ1n) is 11.2. The van der Waals surface area contributed by atoms with Crippen molar-refractivity contribution in [2.45, 2.75) is 19.5 Å². The van der Waals surface area contributed by atoms with Crippen molar-refractivity contribution in [2.75, 3.05) is 39.9 Å². The van der Waals surface area contributed by atoms with E-state index in [4.69, 9.17) is 4.74 Å². The van der Waals surface area contributed by atoms with Gasteiger partial charge in [0.1, 0.15) is 0 Å². The van der Waals surface area contributed by atoms with Crippen LogP contribution < -0.4 is 10.6 Å². The van der Waals surface area contributed by atoms with E-state index >= 15 is 0 Å². The Hall–Kier alpha value is -2.43. The van der Waals surface area contributed by atoms with Gasteiger partial charge < -0.3 is 15.4 Å². The SMILES string of the molecule is CN=C(NCCc1ccc(-n2cccn2)cc1)NCc1cccc(CN2CCOCC2)c1.I. The number of hydrogen-bond acceptors (Lipinski definition) is 4. The molecule has 0 radical (unpaired) electrons. The summed E-state index contributed by atoms with van der Waals surface area (Å²) in [6.07, 6.45) is 4.66. The summed E-state index contributed by atoms with van der Waals surface area (Å²) in [7, 11) is 1.81. The number of aliphatic imine (C=N–C) groups is 1. The van der Waals surface area contributed by atoms with Crippen LogP contribution in [0.15, 0.2) is 72.0 Å². The zero-order valence-corrected chi connectivity index (χ0v) is 21.4. The summed E-state index contributed by atoms with van der Waals surface area (Å²) in [6, 6.07) is 19.2. The van der Waals surface area contributed by atoms with Gasteiger partial charge in [0.05, 0.1) is 18.9 Å². The molecule has 2 aromatic carbocycles. The molecule has 1 aromatic heterocycles. The summed E-state index contributed by atoms with van der Waals surface area (Å²) in [5.41, 5.74) is 4.94. The fourth-order valence-electron chi connectivity index (χ4n) is 3.82. The summed E-state index contributed by atoms with van der Waals surface area (Å²) in [6.45, 7) is 6.21. The molecule has 4 rings (SSSR count). The highest BCUT2D eigenvalue weighted by molar-refractivity contribution is 14.0. The molecule has 33 heavy (non-hydrogen) atoms. The number of guanidine groups is 1. The van der Waals surface area contributed by atoms with Crippen LogP contribution in [0.3, 0.4) is 0 Å². The van der Waals surface area contributed by atoms with Crippen molar-refractivity contribution >= 4 is 29.9 Å². The van der Waals surface area contributed by atoms with Gasteiger partial charge in [-0.2, -0.15) is 5.10 Å². The fraction of sp³-hybridized carbons (Fsp3) is 0.360. The molecular weight excluding hydrogens is 527 g/mol. The molecule has 1 aliphatic heterocycles. The molecule has 2 heterocycles. The molecule has 1 aliphatic rings. The van der Waals surface area contributed by atoms with Gasteiger partial charge in [0.25, 0.3) is 0 Å². The topological polar surface area (TPSA) is 66.7 Å². The van der Waals surface area contributed by atoms with Crippen LogP contribution in [0, 0.1) is 0 Å². The molecule has 0 atom stereocenters. The van der Waals surface area contributed by atoms with Crippen LogP contribution >= 0.6 is 24.0 Å². The zero-order chi connectivity index (χ0) is 22.0. The van der Waals surface area contributed by atoms with Crippen molar-refractivity contribution in [3.05, 3.63) is 83.7 Å². The molecule has 0 amide bonds. The summed E-state index contributed by atoms with van der Waals surface area (Å²) in [4.78, 5) is 6.80. The molecule has 0 spiro atoms. The van der Waals surface area contributed by atoms with E-state index in [0.29, 0.717) is 0 Å². The second-order valence-electron chi connectivity index (χ2n) is 7.93. The number of rotatable bonds is 8. The number of ether oxygens (including phenoxy) is 1. The van der Waals surface area contributed by atoms with Crippen LogP contribution in [0.2, 0.25) is 0 Å². The van der Waals surface area contributed by atoms with Gasteiger partial charge in [-0.1, -0.05) is 36.4 Å². The van der Waals surface area contributed by atoms with E-state index < -0.39 is 0 Å². The molecule has 1 saturated heterocycles. The normalized spacial score (nSPS) is 14.5. The van der Waals surface area contributed by atoms with Crippen LogP contribution in [0.4, 0.5) is 0 Å². The standard InChI is InChI=1S/C25H32N6O.HI/c1-26-25(27-12-10-21-6-8-24(9-7-21)31-13-3-11-29-31)28-19-22-4-2-5-23(18-22)20-30-14-16-32-17-15-30;/h2-9,11,13,18H,10,12,14-17,19-20H2,1H3,(H2,26,27,28);1H. The lowest BCUT2D eigenvalue weighted by molar-refractivity contribution is 0.0342. The largest absolute Gasteiger partial charge is 0.379 e. The minimum absolute atomic E-state index is 0. The zero-order valence-electron chi connectivity index (χ0n) is 19.1. The lowest BCUT2D eigenvalue weighted by atomic mass is 10.1. The van der Waals surface area contributed by atoms with E-state index in [0.717, 1.165) is 64.0 Å². The maximum absolute atomic E-state index is 5.44. The number of benzene rings is 2. The van der Waals surface area contributed by atoms with Gasteiger partial charge in [-0.15, -0.1) is 24.0 Å². The molecule has 7 nitrogen and oxygen atoms in total. The Morgan fingerprint density at radius 3 is 2.52 bits per heavy atom. The Morgan fingerprint density at radius 1 is 1.00 bits per heavy atom. The molecule has 3 aromatic rings. The molecule has 0 unspecified atom stereocenters. The second-order valence-corrected chi connectivity index (χ2v) is 7.93. The Morgan fingerprint density at radius 2 is 1.79 bits per heavy atom. The van der Waals surface area contributed by atoms with E-state index in [1.165, 1.54) is 16.7 Å². The van der Waals surface area contributed by atoms with Crippen molar-refractivity contribution < 1.29 is 4.74 Å². The van der Waals surface area contributed by atoms with Crippen LogP contribution in [0.1, 0.15) is 16.7 Å². The van der Waals surface area contributed by atoms with Crippen LogP contribution in [-0.4, -0.2) is 60.5 Å². The van der Waals surface area contributed by atoms with E-state index in [9.17, 15) is 0 Å². The average molecular weight is 560 g/mol. The van der Waals surface area contributed by atoms with Crippen LogP contribution in [0.25, 0.3) is 5.69 Å². The first-order chi connectivity index (χ1) is 15.8. The van der Waals surface area contributed by atoms with E-state index in [-0.39, 0.29) is 24.0 Å². The lowest BCUT2D eigenvalue weighted by Gasteiger charge is -2.26. The lowest BCUT2D eigenvalue weighted by Crippen LogP contribution is -2.38. The summed E-state index contributed by atoms with van der Waals surface area (Å²) in [5.74, 6) is 0.816. The first kappa shape index (κ1) is 25.2. The van der Waals surface area contributed by atoms with Crippen molar-refractivity contribution in [2.24, 2.45) is 4.99 Å². The number of morpholine rings is 1. The number of aromatic nitrogens is 2. The summed E-state index contributed by atoms with van der Waals surface area (Å²) >= 11 is 0. The van der Waals surface area contributed by atoms with Gasteiger partial charge in [0.15, 0.2) is 5.96 Å². The van der Waals surface area contributed by atoms with Crippen LogP contribution in [0.5, 0.6) is 0 Å². The Balaban J connectivity index is 0.00000306. The third-order valence-electron chi connectivity index (χ3n) is 5.60. The fourth-order valence-corrected chi connectivity index (χ4v) is 3.82. The molecule has 2 N–H and O–H groups in total. The summed E-state index contributed by atoms with van der Waals surface area (Å²) in [5, 5.41) is 11.1. The molecule has 1 fully saturated rings. The number of nitrogens with zero attached hydrogens (tertiary/aromatic N) is 4. The third kappa shape index (κ3) is 7.83. The minimum atomic E-state index is 0. The van der Waals surface area contributed by atoms with Crippen LogP contribution in [-0.2, 0) is 24.2 Å². The summed E-state index contributed by atoms with van der Waals surface area (Å²) < 4.78 is 7.31. The monoisotopic (exact) mass is 560 g/mol. The highest BCUT2D eigenvalue weighted by atomic mass is 127. The molecule has 176 valence electrons. The first-order valence-corrected chi connectivity index (χ1v) is 11.2. The highest BCUT2D eigenvalue weighted by Crippen LogP contribution is 2.11. The van der Waals surface area contributed by atoms with Gasteiger partial charge in [-0.05, 0) is 41.3 Å². The molecular formula is C25H33IN6O. The second kappa shape index (κ2) is 13.3. The highest BCUT2D eigenvalue weighted by Gasteiger charge is 2.10. The minimum Gasteiger partial charge on any atom is -0.379 e. The van der Waals surface area contributed by atoms with Gasteiger partial charge in [0, 0.05) is 52.2 Å². The average Bonchev–Trinajstić information content (AvgIpc) is 3.38. The quantitative estimate of drug-likeness (QED) is 0.252. The Kier molecular flexibility index (Phi) is 10.2. The number of hydrogen-bond donors (Lipinski definition) is 2. The van der Waals surface area contributed by atoms with E-state index in [1.54, 1.807) is 6.20 Å². The molecule has 0 bridgehead atoms. The smallest absolute Gasteiger partial charge is 0.191 e. The molecule has 0 saturated carbocycles. The van der Waals surface area contributed by atoms with Gasteiger partial charge in [-0.3, -0.25) is 9.89 Å². The van der Waals surface area contributed by atoms with Gasteiger partial charge >= 0.3 is 0 Å². The maximum Gasteiger partial charge on any atom is 0.191 e. The third-order valence-corrected chi connectivity index (χ3v) is 5.60. The number of halogens is 1. The predicted molar refractivity (Wildman–Crippen MR) is 143 cm³/mol. The van der Waals surface area contributed by atoms with Gasteiger partial charge in [-0.25, -0.2) is 4.68 Å². The van der Waals surface area contributed by atoms with Crippen molar-refractivity contribution in [3.8, 4) is 5.69 Å². The molecule has 0 aliphatic carbocycles. The Bertz CT molecular complexity index is 984. The van der Waals surface area contributed by atoms with Gasteiger partial charge in [0.2, 0.25) is 0 Å².